The van der Waals surface area contributed by atoms with Gasteiger partial charge >= 0.3 is 6.09 Å². The Bertz CT molecular complexity index is 182. The van der Waals surface area contributed by atoms with Crippen molar-refractivity contribution in [1.29, 1.82) is 0 Å². The van der Waals surface area contributed by atoms with Gasteiger partial charge in [-0.1, -0.05) is 13.3 Å². The normalized spacial score (nSPS) is 20.4. The summed E-state index contributed by atoms with van der Waals surface area (Å²) in [6.45, 7) is 10.1. The zero-order valence-corrected chi connectivity index (χ0v) is 10.3. The number of primary amides is 1. The number of carbonyl (C=O) groups excluding carboxylic acids is 1. The van der Waals surface area contributed by atoms with Gasteiger partial charge in [-0.3, -0.25) is 0 Å². The first-order valence-corrected chi connectivity index (χ1v) is 5.54. The fourth-order valence-electron chi connectivity index (χ4n) is 1.36. The molecule has 0 bridgehead atoms. The largest absolute Gasteiger partial charge is 0.444 e. The van der Waals surface area contributed by atoms with E-state index in [9.17, 15) is 4.79 Å². The summed E-state index contributed by atoms with van der Waals surface area (Å²) in [5, 5.41) is 3.32. The van der Waals surface area contributed by atoms with Crippen LogP contribution in [-0.4, -0.2) is 24.8 Å². The molecule has 0 spiro atoms. The lowest BCUT2D eigenvalue weighted by molar-refractivity contribution is 0.0600. The van der Waals surface area contributed by atoms with Crippen LogP contribution in [0.1, 0.15) is 40.5 Å². The molecule has 1 atom stereocenters. The average Bonchev–Trinajstić information content (AvgIpc) is 2.51. The Morgan fingerprint density at radius 1 is 1.53 bits per heavy atom. The Hall–Kier alpha value is -0.770. The summed E-state index contributed by atoms with van der Waals surface area (Å²) in [6, 6.07) is 0. The minimum atomic E-state index is -0.725. The van der Waals surface area contributed by atoms with Gasteiger partial charge in [-0.2, -0.15) is 0 Å². The average molecular weight is 216 g/mol. The molecule has 0 saturated carbocycles. The first-order valence-electron chi connectivity index (χ1n) is 5.54. The summed E-state index contributed by atoms with van der Waals surface area (Å²) < 4.78 is 4.58. The van der Waals surface area contributed by atoms with Crippen molar-refractivity contribution in [3.63, 3.8) is 0 Å². The zero-order valence-electron chi connectivity index (χ0n) is 10.3. The van der Waals surface area contributed by atoms with Gasteiger partial charge in [0, 0.05) is 0 Å². The molecule has 4 nitrogen and oxygen atoms in total. The third kappa shape index (κ3) is 9.53. The topological polar surface area (TPSA) is 64.3 Å². The Morgan fingerprint density at radius 3 is 2.27 bits per heavy atom. The highest BCUT2D eigenvalue weighted by Gasteiger charge is 2.12. The second-order valence-electron chi connectivity index (χ2n) is 4.80. The lowest BCUT2D eigenvalue weighted by atomic mass is 10.1. The highest BCUT2D eigenvalue weighted by atomic mass is 16.6. The molecule has 1 heterocycles. The molecule has 0 aromatic heterocycles. The van der Waals surface area contributed by atoms with E-state index in [4.69, 9.17) is 5.73 Å². The van der Waals surface area contributed by atoms with E-state index in [1.165, 1.54) is 25.9 Å². The van der Waals surface area contributed by atoms with Crippen molar-refractivity contribution >= 4 is 6.09 Å². The minimum Gasteiger partial charge on any atom is -0.444 e. The van der Waals surface area contributed by atoms with Crippen LogP contribution in [0.3, 0.4) is 0 Å². The maximum absolute atomic E-state index is 10.0. The molecule has 0 aromatic carbocycles. The van der Waals surface area contributed by atoms with Crippen LogP contribution in [0.2, 0.25) is 0 Å². The Kier molecular flexibility index (Phi) is 6.32. The molecule has 1 aliphatic rings. The second kappa shape index (κ2) is 6.67. The summed E-state index contributed by atoms with van der Waals surface area (Å²) in [7, 11) is 0. The molecule has 1 fully saturated rings. The fourth-order valence-corrected chi connectivity index (χ4v) is 1.36. The number of amides is 1. The van der Waals surface area contributed by atoms with Crippen LogP contribution in [-0.2, 0) is 4.74 Å². The lowest BCUT2D eigenvalue weighted by Crippen LogP contribution is -2.27. The smallest absolute Gasteiger partial charge is 0.405 e. The summed E-state index contributed by atoms with van der Waals surface area (Å²) in [4.78, 5) is 10.0. The van der Waals surface area contributed by atoms with Gasteiger partial charge < -0.3 is 15.8 Å². The number of hydrogen-bond acceptors (Lipinski definition) is 3. The predicted octanol–water partition coefficient (Wildman–Crippen LogP) is 1.89. The highest BCUT2D eigenvalue weighted by Crippen LogP contribution is 2.09. The summed E-state index contributed by atoms with van der Waals surface area (Å²) in [6.07, 6.45) is 2.03. The molecule has 0 aliphatic carbocycles. The first kappa shape index (κ1) is 14.2. The lowest BCUT2D eigenvalue weighted by Gasteiger charge is -2.16. The van der Waals surface area contributed by atoms with Gasteiger partial charge in [-0.15, -0.1) is 0 Å². The van der Waals surface area contributed by atoms with E-state index in [-0.39, 0.29) is 0 Å². The Balaban J connectivity index is 0.000000262. The predicted molar refractivity (Wildman–Crippen MR) is 61.7 cm³/mol. The van der Waals surface area contributed by atoms with Crippen LogP contribution < -0.4 is 11.1 Å². The minimum absolute atomic E-state index is 0.453. The SMILES string of the molecule is CC(C)(C)OC(N)=O.CCC1CCNC1. The van der Waals surface area contributed by atoms with E-state index < -0.39 is 11.7 Å². The van der Waals surface area contributed by atoms with Gasteiger partial charge in [0.1, 0.15) is 5.60 Å². The van der Waals surface area contributed by atoms with E-state index in [0.717, 1.165) is 5.92 Å². The van der Waals surface area contributed by atoms with Gasteiger partial charge in [0.15, 0.2) is 0 Å². The molecule has 1 saturated heterocycles. The van der Waals surface area contributed by atoms with Crippen LogP contribution in [0, 0.1) is 5.92 Å². The van der Waals surface area contributed by atoms with Gasteiger partial charge in [0.25, 0.3) is 0 Å². The zero-order chi connectivity index (χ0) is 11.9. The van der Waals surface area contributed by atoms with E-state index in [1.807, 2.05) is 0 Å². The maximum Gasteiger partial charge on any atom is 0.405 e. The van der Waals surface area contributed by atoms with Gasteiger partial charge in [-0.25, -0.2) is 4.79 Å². The van der Waals surface area contributed by atoms with Crippen molar-refractivity contribution in [3.8, 4) is 0 Å². The summed E-state index contributed by atoms with van der Waals surface area (Å²) >= 11 is 0. The van der Waals surface area contributed by atoms with E-state index in [1.54, 1.807) is 20.8 Å². The molecule has 1 unspecified atom stereocenters. The molecule has 90 valence electrons. The van der Waals surface area contributed by atoms with E-state index in [2.05, 4.69) is 17.0 Å². The van der Waals surface area contributed by atoms with Crippen molar-refractivity contribution in [2.75, 3.05) is 13.1 Å². The molecular weight excluding hydrogens is 192 g/mol. The van der Waals surface area contributed by atoms with Crippen LogP contribution in [0.5, 0.6) is 0 Å². The summed E-state index contributed by atoms with van der Waals surface area (Å²) in [5.74, 6) is 0.986. The Morgan fingerprint density at radius 2 is 2.13 bits per heavy atom. The quantitative estimate of drug-likeness (QED) is 0.703. The van der Waals surface area contributed by atoms with E-state index >= 15 is 0 Å². The molecular formula is C11H24N2O2. The second-order valence-corrected chi connectivity index (χ2v) is 4.80. The number of carbonyl (C=O) groups is 1. The van der Waals surface area contributed by atoms with Crippen LogP contribution in [0.15, 0.2) is 0 Å². The van der Waals surface area contributed by atoms with Crippen molar-refractivity contribution in [2.24, 2.45) is 11.7 Å². The number of hydrogen-bond donors (Lipinski definition) is 2. The van der Waals surface area contributed by atoms with Crippen LogP contribution >= 0.6 is 0 Å². The van der Waals surface area contributed by atoms with Gasteiger partial charge in [0.2, 0.25) is 0 Å². The van der Waals surface area contributed by atoms with Crippen molar-refractivity contribution in [1.82, 2.24) is 5.32 Å². The monoisotopic (exact) mass is 216 g/mol. The molecule has 1 rings (SSSR count). The number of rotatable bonds is 1. The number of ether oxygens (including phenoxy) is 1. The van der Waals surface area contributed by atoms with E-state index in [0.29, 0.717) is 0 Å². The highest BCUT2D eigenvalue weighted by molar-refractivity contribution is 5.65. The Labute approximate surface area is 92.6 Å². The number of nitrogens with two attached hydrogens (primary N) is 1. The third-order valence-corrected chi connectivity index (χ3v) is 2.15. The molecule has 0 aromatic rings. The van der Waals surface area contributed by atoms with Crippen LogP contribution in [0.25, 0.3) is 0 Å². The molecule has 3 N–H and O–H groups in total. The van der Waals surface area contributed by atoms with Crippen molar-refractivity contribution < 1.29 is 9.53 Å². The number of nitrogens with one attached hydrogen (secondary N) is 1. The molecule has 0 radical (unpaired) electrons. The van der Waals surface area contributed by atoms with Crippen LogP contribution in [0.4, 0.5) is 4.79 Å². The molecule has 1 aliphatic heterocycles. The third-order valence-electron chi connectivity index (χ3n) is 2.15. The maximum atomic E-state index is 10.0. The first-order chi connectivity index (χ1) is 6.85. The molecule has 15 heavy (non-hydrogen) atoms. The van der Waals surface area contributed by atoms with Gasteiger partial charge in [0.05, 0.1) is 0 Å². The molecule has 1 amide bonds. The fraction of sp³-hybridized carbons (Fsp3) is 0.909. The molecule has 4 heteroatoms. The van der Waals surface area contributed by atoms with Gasteiger partial charge in [-0.05, 0) is 46.2 Å². The van der Waals surface area contributed by atoms with Crippen molar-refractivity contribution in [2.45, 2.75) is 46.1 Å². The summed E-state index contributed by atoms with van der Waals surface area (Å²) in [5.41, 5.74) is 4.26. The standard InChI is InChI=1S/C6H13N.C5H11NO2/c1-2-6-3-4-7-5-6;1-5(2,3)8-4(6)7/h6-7H,2-5H2,1H3;1-3H3,(H2,6,7). The van der Waals surface area contributed by atoms with Crippen molar-refractivity contribution in [3.05, 3.63) is 0 Å².